The molecule has 1 heterocycles. The molecule has 2 aromatic carbocycles. The normalized spacial score (nSPS) is 12.0. The Kier molecular flexibility index (Phi) is 4.48. The zero-order valence-electron chi connectivity index (χ0n) is 12.6. The number of nitrogens with zero attached hydrogens (tertiary/aromatic N) is 1. The summed E-state index contributed by atoms with van der Waals surface area (Å²) in [5.74, 6) is -0.853. The number of nitrogens with one attached hydrogen (secondary N) is 1. The van der Waals surface area contributed by atoms with Gasteiger partial charge in [-0.05, 0) is 6.92 Å². The fourth-order valence-electron chi connectivity index (χ4n) is 2.24. The smallest absolute Gasteiger partial charge is 0.316 e. The van der Waals surface area contributed by atoms with Gasteiger partial charge in [0, 0.05) is 11.1 Å². The monoisotopic (exact) mass is 324 g/mol. The average molecular weight is 324 g/mol. The number of aromatic amines is 1. The molecular weight excluding hydrogens is 308 g/mol. The molecule has 1 atom stereocenters. The molecule has 2 N–H and O–H groups in total. The molecule has 0 amide bonds. The van der Waals surface area contributed by atoms with Crippen molar-refractivity contribution in [2.45, 2.75) is 17.3 Å². The number of aromatic nitrogens is 2. The number of rotatable bonds is 5. The second-order valence-corrected chi connectivity index (χ2v) is 6.43. The van der Waals surface area contributed by atoms with Crippen LogP contribution in [0.25, 0.3) is 22.5 Å². The summed E-state index contributed by atoms with van der Waals surface area (Å²) in [6.07, 6.45) is 0. The molecule has 4 nitrogen and oxygen atoms in total. The molecule has 0 unspecified atom stereocenters. The molecule has 0 aliphatic heterocycles. The summed E-state index contributed by atoms with van der Waals surface area (Å²) in [7, 11) is 0. The molecule has 0 saturated heterocycles. The van der Waals surface area contributed by atoms with Crippen LogP contribution in [0, 0.1) is 0 Å². The minimum absolute atomic E-state index is 0.562. The number of carboxylic acids is 1. The van der Waals surface area contributed by atoms with E-state index in [4.69, 9.17) is 5.11 Å². The van der Waals surface area contributed by atoms with Crippen LogP contribution in [0.15, 0.2) is 65.8 Å². The number of H-pyrrole nitrogens is 1. The van der Waals surface area contributed by atoms with E-state index in [2.05, 4.69) is 9.97 Å². The first kappa shape index (κ1) is 15.4. The van der Waals surface area contributed by atoms with Crippen molar-refractivity contribution in [1.29, 1.82) is 0 Å². The summed E-state index contributed by atoms with van der Waals surface area (Å²) < 4.78 is 0. The van der Waals surface area contributed by atoms with Gasteiger partial charge in [0.1, 0.15) is 5.25 Å². The molecule has 0 aliphatic carbocycles. The number of hydrogen-bond donors (Lipinski definition) is 2. The predicted molar refractivity (Wildman–Crippen MR) is 92.4 cm³/mol. The van der Waals surface area contributed by atoms with Gasteiger partial charge in [0.15, 0.2) is 5.16 Å². The third-order valence-electron chi connectivity index (χ3n) is 3.43. The van der Waals surface area contributed by atoms with Crippen molar-refractivity contribution >= 4 is 17.7 Å². The summed E-state index contributed by atoms with van der Waals surface area (Å²) in [4.78, 5) is 19.0. The van der Waals surface area contributed by atoms with Crippen molar-refractivity contribution in [1.82, 2.24) is 9.97 Å². The van der Waals surface area contributed by atoms with Crippen molar-refractivity contribution in [2.75, 3.05) is 0 Å². The Morgan fingerprint density at radius 2 is 1.61 bits per heavy atom. The number of aliphatic carboxylic acids is 1. The number of imidazole rings is 1. The second kappa shape index (κ2) is 6.71. The lowest BCUT2D eigenvalue weighted by atomic mass is 10.1. The largest absolute Gasteiger partial charge is 0.480 e. The van der Waals surface area contributed by atoms with E-state index >= 15 is 0 Å². The molecule has 3 aromatic rings. The minimum atomic E-state index is -0.853. The van der Waals surface area contributed by atoms with E-state index in [-0.39, 0.29) is 0 Å². The third kappa shape index (κ3) is 3.46. The van der Waals surface area contributed by atoms with Gasteiger partial charge in [-0.1, -0.05) is 72.4 Å². The third-order valence-corrected chi connectivity index (χ3v) is 4.40. The Balaban J connectivity index is 2.06. The summed E-state index contributed by atoms with van der Waals surface area (Å²) in [6.45, 7) is 1.65. The number of benzene rings is 2. The van der Waals surface area contributed by atoms with E-state index in [0.717, 1.165) is 22.5 Å². The van der Waals surface area contributed by atoms with Crippen molar-refractivity contribution < 1.29 is 9.90 Å². The lowest BCUT2D eigenvalue weighted by molar-refractivity contribution is -0.136. The first-order valence-electron chi connectivity index (χ1n) is 7.25. The molecule has 0 fully saturated rings. The Labute approximate surface area is 138 Å². The molecule has 23 heavy (non-hydrogen) atoms. The molecule has 0 saturated carbocycles. The zero-order valence-corrected chi connectivity index (χ0v) is 13.4. The number of carboxylic acid groups (broad SMARTS) is 1. The summed E-state index contributed by atoms with van der Waals surface area (Å²) >= 11 is 1.21. The van der Waals surface area contributed by atoms with Gasteiger partial charge in [-0.25, -0.2) is 4.98 Å². The quantitative estimate of drug-likeness (QED) is 0.686. The van der Waals surface area contributed by atoms with Gasteiger partial charge in [0.05, 0.1) is 11.4 Å². The summed E-state index contributed by atoms with van der Waals surface area (Å²) in [6, 6.07) is 19.8. The summed E-state index contributed by atoms with van der Waals surface area (Å²) in [5, 5.41) is 9.14. The fourth-order valence-corrected chi connectivity index (χ4v) is 2.98. The second-order valence-electron chi connectivity index (χ2n) is 5.10. The van der Waals surface area contributed by atoms with E-state index in [0.29, 0.717) is 5.16 Å². The molecule has 0 radical (unpaired) electrons. The highest BCUT2D eigenvalue weighted by Gasteiger charge is 2.18. The maximum Gasteiger partial charge on any atom is 0.316 e. The zero-order chi connectivity index (χ0) is 16.2. The molecule has 5 heteroatoms. The van der Waals surface area contributed by atoms with Gasteiger partial charge in [0.25, 0.3) is 0 Å². The van der Waals surface area contributed by atoms with E-state index in [1.807, 2.05) is 60.7 Å². The van der Waals surface area contributed by atoms with Crippen LogP contribution < -0.4 is 0 Å². The molecule has 116 valence electrons. The van der Waals surface area contributed by atoms with Crippen LogP contribution in [0.2, 0.25) is 0 Å². The first-order chi connectivity index (χ1) is 11.1. The topological polar surface area (TPSA) is 66.0 Å². The average Bonchev–Trinajstić information content (AvgIpc) is 3.00. The van der Waals surface area contributed by atoms with Gasteiger partial charge in [-0.3, -0.25) is 4.79 Å². The van der Waals surface area contributed by atoms with Gasteiger partial charge in [0.2, 0.25) is 0 Å². The lowest BCUT2D eigenvalue weighted by Gasteiger charge is -2.02. The highest BCUT2D eigenvalue weighted by Crippen LogP contribution is 2.33. The molecule has 0 aliphatic rings. The van der Waals surface area contributed by atoms with Crippen molar-refractivity contribution in [2.24, 2.45) is 0 Å². The maximum atomic E-state index is 11.1. The van der Waals surface area contributed by atoms with Crippen LogP contribution >= 0.6 is 11.8 Å². The van der Waals surface area contributed by atoms with Crippen LogP contribution in [0.1, 0.15) is 6.92 Å². The first-order valence-corrected chi connectivity index (χ1v) is 8.13. The highest BCUT2D eigenvalue weighted by atomic mass is 32.2. The molecule has 0 bridgehead atoms. The van der Waals surface area contributed by atoms with Crippen molar-refractivity contribution in [3.8, 4) is 22.5 Å². The Morgan fingerprint density at radius 3 is 2.17 bits per heavy atom. The summed E-state index contributed by atoms with van der Waals surface area (Å²) in [5.41, 5.74) is 3.75. The van der Waals surface area contributed by atoms with Crippen LogP contribution in [0.3, 0.4) is 0 Å². The Morgan fingerprint density at radius 1 is 1.04 bits per heavy atom. The van der Waals surface area contributed by atoms with E-state index in [9.17, 15) is 4.79 Å². The SMILES string of the molecule is C[C@H](Sc1nc(-c2ccccc2)c(-c2ccccc2)[nH]1)C(=O)O. The Hall–Kier alpha value is -2.53. The van der Waals surface area contributed by atoms with Gasteiger partial charge < -0.3 is 10.1 Å². The molecule has 3 rings (SSSR count). The van der Waals surface area contributed by atoms with E-state index in [1.54, 1.807) is 6.92 Å². The highest BCUT2D eigenvalue weighted by molar-refractivity contribution is 8.00. The maximum absolute atomic E-state index is 11.1. The van der Waals surface area contributed by atoms with Crippen molar-refractivity contribution in [3.05, 3.63) is 60.7 Å². The Bertz CT molecular complexity index is 743. The van der Waals surface area contributed by atoms with Gasteiger partial charge in [-0.15, -0.1) is 0 Å². The van der Waals surface area contributed by atoms with Crippen LogP contribution in [-0.2, 0) is 4.79 Å². The molecular formula is C18H16N2O2S. The van der Waals surface area contributed by atoms with Gasteiger partial charge >= 0.3 is 5.97 Å². The lowest BCUT2D eigenvalue weighted by Crippen LogP contribution is -2.11. The molecule has 1 aromatic heterocycles. The van der Waals surface area contributed by atoms with Crippen molar-refractivity contribution in [3.63, 3.8) is 0 Å². The van der Waals surface area contributed by atoms with Crippen LogP contribution in [0.4, 0.5) is 0 Å². The van der Waals surface area contributed by atoms with Crippen LogP contribution in [0.5, 0.6) is 0 Å². The van der Waals surface area contributed by atoms with E-state index < -0.39 is 11.2 Å². The standard InChI is InChI=1S/C18H16N2O2S/c1-12(17(21)22)23-18-19-15(13-8-4-2-5-9-13)16(20-18)14-10-6-3-7-11-14/h2-12H,1H3,(H,19,20)(H,21,22)/t12-/m0/s1. The number of carbonyl (C=O) groups is 1. The number of hydrogen-bond acceptors (Lipinski definition) is 3. The van der Waals surface area contributed by atoms with Crippen LogP contribution in [-0.4, -0.2) is 26.3 Å². The molecule has 0 spiro atoms. The van der Waals surface area contributed by atoms with E-state index in [1.165, 1.54) is 11.8 Å². The predicted octanol–water partition coefficient (Wildman–Crippen LogP) is 4.31. The number of thioether (sulfide) groups is 1. The van der Waals surface area contributed by atoms with Gasteiger partial charge in [-0.2, -0.15) is 0 Å². The fraction of sp³-hybridized carbons (Fsp3) is 0.111. The minimum Gasteiger partial charge on any atom is -0.480 e.